The Morgan fingerprint density at radius 1 is 0.404 bits per heavy atom. The van der Waals surface area contributed by atoms with Crippen molar-refractivity contribution in [3.05, 3.63) is 164 Å². The molecule has 52 heavy (non-hydrogen) atoms. The van der Waals surface area contributed by atoms with Crippen LogP contribution in [0.15, 0.2) is 172 Å². The molecule has 0 aliphatic rings. The van der Waals surface area contributed by atoms with Crippen LogP contribution in [0.4, 0.5) is 0 Å². The quantitative estimate of drug-likeness (QED) is 0.173. The fourth-order valence-electron chi connectivity index (χ4n) is 7.04. The van der Waals surface area contributed by atoms with Crippen LogP contribution in [-0.4, -0.2) is 15.0 Å². The lowest BCUT2D eigenvalue weighted by Gasteiger charge is -2.13. The molecule has 3 aromatic heterocycles. The number of hydrogen-bond acceptors (Lipinski definition) is 5. The number of rotatable bonds is 4. The van der Waals surface area contributed by atoms with Crippen LogP contribution in [0, 0.1) is 0 Å². The fourth-order valence-corrected chi connectivity index (χ4v) is 7.04. The van der Waals surface area contributed by atoms with Crippen molar-refractivity contribution in [1.29, 1.82) is 0 Å². The third-order valence-electron chi connectivity index (χ3n) is 9.31. The maximum Gasteiger partial charge on any atom is 0.164 e. The Balaban J connectivity index is 1.29. The van der Waals surface area contributed by atoms with Crippen molar-refractivity contribution in [1.82, 2.24) is 15.0 Å². The van der Waals surface area contributed by atoms with Gasteiger partial charge in [0, 0.05) is 43.8 Å². The molecule has 0 fully saturated rings. The van der Waals surface area contributed by atoms with Crippen molar-refractivity contribution in [3.8, 4) is 45.3 Å². The minimum Gasteiger partial charge on any atom is -0.456 e. The first-order valence-electron chi connectivity index (χ1n) is 22.4. The number of nitrogens with zero attached hydrogens (tertiary/aromatic N) is 3. The summed E-state index contributed by atoms with van der Waals surface area (Å²) in [6.07, 6.45) is 0. The summed E-state index contributed by atoms with van der Waals surface area (Å²) in [6.45, 7) is 0. The van der Waals surface area contributed by atoms with E-state index in [9.17, 15) is 1.37 Å². The maximum atomic E-state index is 9.25. The van der Waals surface area contributed by atoms with Crippen LogP contribution in [0.3, 0.4) is 0 Å². The molecule has 0 aliphatic carbocycles. The molecule has 0 saturated carbocycles. The van der Waals surface area contributed by atoms with Gasteiger partial charge >= 0.3 is 0 Å². The lowest BCUT2D eigenvalue weighted by atomic mass is 9.96. The Bertz CT molecular complexity index is 3870. The van der Waals surface area contributed by atoms with Crippen LogP contribution < -0.4 is 0 Å². The minimum atomic E-state index is -0.586. The predicted octanol–water partition coefficient (Wildman–Crippen LogP) is 12.6. The molecule has 5 heteroatoms. The molecule has 0 atom stereocenters. The van der Waals surface area contributed by atoms with Gasteiger partial charge in [-0.15, -0.1) is 0 Å². The Morgan fingerprint density at radius 2 is 1.10 bits per heavy atom. The third-order valence-corrected chi connectivity index (χ3v) is 9.31. The first kappa shape index (κ1) is 19.3. The predicted molar refractivity (Wildman–Crippen MR) is 211 cm³/mol. The van der Waals surface area contributed by atoms with Gasteiger partial charge in [-0.2, -0.15) is 0 Å². The van der Waals surface area contributed by atoms with Crippen molar-refractivity contribution in [2.45, 2.75) is 0 Å². The molecule has 3 heterocycles. The number of furan rings is 2. The average molecular weight is 678 g/mol. The molecule has 0 bridgehead atoms. The van der Waals surface area contributed by atoms with Crippen molar-refractivity contribution in [2.75, 3.05) is 0 Å². The second kappa shape index (κ2) is 11.2. The maximum absolute atomic E-state index is 9.25. The van der Waals surface area contributed by atoms with E-state index < -0.39 is 72.5 Å². The minimum absolute atomic E-state index is 0.00220. The summed E-state index contributed by atoms with van der Waals surface area (Å²) >= 11 is 0. The van der Waals surface area contributed by atoms with Crippen LogP contribution in [0.2, 0.25) is 0 Å². The average Bonchev–Trinajstić information content (AvgIpc) is 3.90. The lowest BCUT2D eigenvalue weighted by molar-refractivity contribution is 0.668. The zero-order chi connectivity index (χ0) is 44.6. The fraction of sp³-hybridized carbons (Fsp3) is 0. The van der Waals surface area contributed by atoms with E-state index in [1.54, 1.807) is 24.3 Å². The SMILES string of the molecule is [2H]c1c([2H])c([2H])c(-c2nc(-c3cc4ccccc4c4ccccc34)nc(-c3cc(-c4c([2H])c([2H])c([2H])c5c4oc4c([2H])c([2H])c([2H])c([2H])c45)cc4oc5ccccc5c34)n2)c([2H])c1[2H]. The van der Waals surface area contributed by atoms with E-state index in [-0.39, 0.29) is 61.7 Å². The molecular formula is C47H27N3O2. The van der Waals surface area contributed by atoms with Gasteiger partial charge in [-0.25, -0.2) is 15.0 Å². The Morgan fingerprint density at radius 3 is 1.98 bits per heavy atom. The van der Waals surface area contributed by atoms with Crippen molar-refractivity contribution < 1.29 is 25.3 Å². The Hall–Kier alpha value is -7.11. The second-order valence-corrected chi connectivity index (χ2v) is 12.3. The van der Waals surface area contributed by atoms with E-state index in [1.807, 2.05) is 66.7 Å². The first-order valence-corrected chi connectivity index (χ1v) is 16.4. The van der Waals surface area contributed by atoms with E-state index in [0.29, 0.717) is 27.5 Å². The van der Waals surface area contributed by atoms with Gasteiger partial charge in [0.25, 0.3) is 0 Å². The lowest BCUT2D eigenvalue weighted by Crippen LogP contribution is -2.01. The molecule has 0 aliphatic heterocycles. The number of benzene rings is 8. The molecule has 0 amide bonds. The zero-order valence-corrected chi connectivity index (χ0v) is 26.8. The number of fused-ring (bicyclic) bond motifs is 9. The zero-order valence-electron chi connectivity index (χ0n) is 38.8. The summed E-state index contributed by atoms with van der Waals surface area (Å²) in [7, 11) is 0. The third kappa shape index (κ3) is 4.39. The highest BCUT2D eigenvalue weighted by Crippen LogP contribution is 2.43. The molecule has 5 nitrogen and oxygen atoms in total. The van der Waals surface area contributed by atoms with Crippen LogP contribution in [0.1, 0.15) is 16.4 Å². The van der Waals surface area contributed by atoms with Crippen molar-refractivity contribution in [2.24, 2.45) is 0 Å². The van der Waals surface area contributed by atoms with E-state index in [2.05, 4.69) is 0 Å². The first-order chi connectivity index (χ1) is 30.7. The second-order valence-electron chi connectivity index (χ2n) is 12.3. The van der Waals surface area contributed by atoms with E-state index in [1.165, 1.54) is 0 Å². The number of hydrogen-bond donors (Lipinski definition) is 0. The summed E-state index contributed by atoms with van der Waals surface area (Å²) in [5.41, 5.74) is 1.23. The molecule has 11 rings (SSSR count). The molecule has 0 spiro atoms. The summed E-state index contributed by atoms with van der Waals surface area (Å²) in [4.78, 5) is 14.8. The van der Waals surface area contributed by atoms with Gasteiger partial charge in [0.05, 0.1) is 16.4 Å². The highest BCUT2D eigenvalue weighted by Gasteiger charge is 2.22. The topological polar surface area (TPSA) is 65.0 Å². The van der Waals surface area contributed by atoms with E-state index in [0.717, 1.165) is 21.5 Å². The summed E-state index contributed by atoms with van der Waals surface area (Å²) < 4.78 is 117. The van der Waals surface area contributed by atoms with Crippen LogP contribution in [-0.2, 0) is 0 Å². The summed E-state index contributed by atoms with van der Waals surface area (Å²) in [6, 6.07) is 21.7. The highest BCUT2D eigenvalue weighted by atomic mass is 16.3. The largest absolute Gasteiger partial charge is 0.456 e. The number of aromatic nitrogens is 3. The van der Waals surface area contributed by atoms with Crippen LogP contribution in [0.25, 0.3) is 111 Å². The standard InChI is InChI=1S/C47H27N3O2/c1-2-13-28(14-3-1)45-48-46(38-25-29-15-4-5-16-31(29)33-17-6-7-18-34(33)38)50-47(49-45)39-26-30(27-42-43(39)37-20-9-11-24-41(37)51-42)32-21-12-22-36-35-19-8-10-23-40(35)52-44(32)36/h1-27H/i1D,2D,3D,8D,10D,12D,13D,14D,19D,21D,22D,23D. The van der Waals surface area contributed by atoms with Crippen LogP contribution >= 0.6 is 0 Å². The van der Waals surface area contributed by atoms with Gasteiger partial charge in [-0.3, -0.25) is 0 Å². The van der Waals surface area contributed by atoms with Crippen LogP contribution in [0.5, 0.6) is 0 Å². The van der Waals surface area contributed by atoms with Gasteiger partial charge in [0.1, 0.15) is 22.3 Å². The monoisotopic (exact) mass is 677 g/mol. The van der Waals surface area contributed by atoms with Crippen molar-refractivity contribution >= 4 is 65.4 Å². The smallest absolute Gasteiger partial charge is 0.164 e. The Kier molecular flexibility index (Phi) is 4.16. The molecule has 11 aromatic rings. The van der Waals surface area contributed by atoms with Gasteiger partial charge in [-0.1, -0.05) is 133 Å². The molecule has 0 radical (unpaired) electrons. The molecule has 0 saturated heterocycles. The molecular weight excluding hydrogens is 639 g/mol. The van der Waals surface area contributed by atoms with Gasteiger partial charge in [0.15, 0.2) is 17.5 Å². The van der Waals surface area contributed by atoms with Crippen molar-refractivity contribution in [3.63, 3.8) is 0 Å². The molecule has 0 N–H and O–H groups in total. The molecule has 242 valence electrons. The highest BCUT2D eigenvalue weighted by molar-refractivity contribution is 6.16. The Labute approximate surface area is 314 Å². The normalized spacial score (nSPS) is 15.1. The van der Waals surface area contributed by atoms with Gasteiger partial charge in [-0.05, 0) is 57.4 Å². The van der Waals surface area contributed by atoms with Gasteiger partial charge < -0.3 is 8.83 Å². The summed E-state index contributed by atoms with van der Waals surface area (Å²) in [5, 5.41) is 4.51. The molecule has 0 unspecified atom stereocenters. The number of para-hydroxylation sites is 3. The van der Waals surface area contributed by atoms with E-state index in [4.69, 9.17) is 38.9 Å². The van der Waals surface area contributed by atoms with Gasteiger partial charge in [0.2, 0.25) is 0 Å². The van der Waals surface area contributed by atoms with E-state index >= 15 is 0 Å². The summed E-state index contributed by atoms with van der Waals surface area (Å²) in [5.74, 6) is -0.0919. The molecule has 8 aromatic carbocycles.